The molecular weight excluding hydrogens is 412 g/mol. The minimum atomic E-state index is -0.393. The molecule has 4 rings (SSSR count). The minimum absolute atomic E-state index is 0.0421. The van der Waals surface area contributed by atoms with E-state index in [2.05, 4.69) is 25.7 Å². The van der Waals surface area contributed by atoms with E-state index >= 15 is 0 Å². The first-order valence-corrected chi connectivity index (χ1v) is 9.82. The molecule has 0 amide bonds. The van der Waals surface area contributed by atoms with Gasteiger partial charge in [-0.25, -0.2) is 9.99 Å². The Labute approximate surface area is 181 Å². The Bertz CT molecular complexity index is 1420. The van der Waals surface area contributed by atoms with Crippen molar-refractivity contribution in [3.8, 4) is 17.3 Å². The number of nitrogens with one attached hydrogen (secondary N) is 2. The second kappa shape index (κ2) is 8.72. The van der Waals surface area contributed by atoms with Gasteiger partial charge in [-0.3, -0.25) is 14.6 Å². The van der Waals surface area contributed by atoms with Crippen LogP contribution < -0.4 is 21.3 Å². The minimum Gasteiger partial charge on any atom is -0.494 e. The number of nitrogens with zero attached hydrogens (tertiary/aromatic N) is 4. The van der Waals surface area contributed by atoms with Gasteiger partial charge in [0.25, 0.3) is 11.1 Å². The SMILES string of the molecule is CCOc1ccc(-n2c(O)c(C=NNc3nnc(C)c(=O)[nH]3)c3ccccc3c2=O)cc1. The summed E-state index contributed by atoms with van der Waals surface area (Å²) in [6, 6.07) is 13.7. The van der Waals surface area contributed by atoms with Gasteiger partial charge in [0.2, 0.25) is 11.8 Å². The van der Waals surface area contributed by atoms with Crippen LogP contribution in [0.4, 0.5) is 5.95 Å². The summed E-state index contributed by atoms with van der Waals surface area (Å²) in [5, 5.41) is 23.5. The highest BCUT2D eigenvalue weighted by Crippen LogP contribution is 2.26. The van der Waals surface area contributed by atoms with E-state index in [1.807, 2.05) is 6.92 Å². The number of H-pyrrole nitrogens is 1. The van der Waals surface area contributed by atoms with Gasteiger partial charge in [0.15, 0.2) is 0 Å². The topological polar surface area (TPSA) is 134 Å². The van der Waals surface area contributed by atoms with Crippen molar-refractivity contribution in [3.63, 3.8) is 0 Å². The third kappa shape index (κ3) is 3.93. The zero-order valence-electron chi connectivity index (χ0n) is 17.4. The summed E-state index contributed by atoms with van der Waals surface area (Å²) in [7, 11) is 0. The molecule has 0 radical (unpaired) electrons. The number of hydrogen-bond donors (Lipinski definition) is 3. The zero-order chi connectivity index (χ0) is 22.7. The lowest BCUT2D eigenvalue weighted by Gasteiger charge is -2.14. The van der Waals surface area contributed by atoms with Gasteiger partial charge >= 0.3 is 0 Å². The third-order valence-corrected chi connectivity index (χ3v) is 4.73. The fraction of sp³-hybridized carbons (Fsp3) is 0.136. The number of ether oxygens (including phenoxy) is 1. The molecule has 0 fully saturated rings. The molecule has 162 valence electrons. The average molecular weight is 432 g/mol. The lowest BCUT2D eigenvalue weighted by molar-refractivity contribution is 0.340. The van der Waals surface area contributed by atoms with E-state index in [1.165, 1.54) is 17.7 Å². The molecule has 3 N–H and O–H groups in total. The molecule has 0 aliphatic carbocycles. The number of rotatable bonds is 6. The summed E-state index contributed by atoms with van der Waals surface area (Å²) in [5.74, 6) is 0.413. The first-order chi connectivity index (χ1) is 15.5. The van der Waals surface area contributed by atoms with Crippen LogP contribution in [0.1, 0.15) is 18.2 Å². The number of pyridine rings is 1. The molecule has 0 saturated carbocycles. The summed E-state index contributed by atoms with van der Waals surface area (Å²) in [5.41, 5.74) is 2.81. The second-order valence-corrected chi connectivity index (χ2v) is 6.81. The number of hydrazone groups is 1. The number of fused-ring (bicyclic) bond motifs is 1. The summed E-state index contributed by atoms with van der Waals surface area (Å²) in [4.78, 5) is 27.3. The zero-order valence-corrected chi connectivity index (χ0v) is 17.4. The Morgan fingerprint density at radius 3 is 2.53 bits per heavy atom. The fourth-order valence-electron chi connectivity index (χ4n) is 3.19. The highest BCUT2D eigenvalue weighted by Gasteiger charge is 2.16. The van der Waals surface area contributed by atoms with Crippen molar-refractivity contribution in [1.29, 1.82) is 0 Å². The number of hydrogen-bond acceptors (Lipinski definition) is 8. The van der Waals surface area contributed by atoms with Gasteiger partial charge in [-0.1, -0.05) is 18.2 Å². The van der Waals surface area contributed by atoms with Crippen LogP contribution in [0.2, 0.25) is 0 Å². The van der Waals surface area contributed by atoms with Crippen LogP contribution in [0.3, 0.4) is 0 Å². The Morgan fingerprint density at radius 2 is 1.84 bits per heavy atom. The number of aryl methyl sites for hydroxylation is 1. The first kappa shape index (κ1) is 20.8. The fourth-order valence-corrected chi connectivity index (χ4v) is 3.19. The normalized spacial score (nSPS) is 11.2. The predicted octanol–water partition coefficient (Wildman–Crippen LogP) is 2.33. The van der Waals surface area contributed by atoms with Crippen molar-refractivity contribution in [2.75, 3.05) is 12.0 Å². The molecule has 32 heavy (non-hydrogen) atoms. The van der Waals surface area contributed by atoms with E-state index in [0.717, 1.165) is 0 Å². The molecule has 10 heteroatoms. The number of aromatic amines is 1. The summed E-state index contributed by atoms with van der Waals surface area (Å²) in [6.45, 7) is 3.93. The first-order valence-electron chi connectivity index (χ1n) is 9.82. The molecule has 0 bridgehead atoms. The standard InChI is InChI=1S/C22H20N6O4/c1-3-32-15-10-8-14(9-11-15)28-20(30)17-7-5-4-6-16(17)18(21(28)31)12-23-26-22-24-19(29)13(2)25-27-22/h4-12,31H,3H2,1-2H3,(H2,24,26,27,29). The van der Waals surface area contributed by atoms with E-state index in [9.17, 15) is 14.7 Å². The van der Waals surface area contributed by atoms with Crippen molar-refractivity contribution < 1.29 is 9.84 Å². The molecule has 0 spiro atoms. The van der Waals surface area contributed by atoms with Gasteiger partial charge in [0, 0.05) is 10.8 Å². The summed E-state index contributed by atoms with van der Waals surface area (Å²) < 4.78 is 6.65. The third-order valence-electron chi connectivity index (χ3n) is 4.73. The number of aromatic hydroxyl groups is 1. The molecule has 0 unspecified atom stereocenters. The molecule has 0 saturated heterocycles. The number of benzene rings is 2. The maximum atomic E-state index is 13.1. The lowest BCUT2D eigenvalue weighted by Crippen LogP contribution is -2.20. The highest BCUT2D eigenvalue weighted by molar-refractivity contribution is 6.01. The van der Waals surface area contributed by atoms with E-state index in [0.29, 0.717) is 34.4 Å². The van der Waals surface area contributed by atoms with Crippen LogP contribution >= 0.6 is 0 Å². The van der Waals surface area contributed by atoms with E-state index in [1.54, 1.807) is 48.5 Å². The maximum Gasteiger partial charge on any atom is 0.274 e. The summed E-state index contributed by atoms with van der Waals surface area (Å²) in [6.07, 6.45) is 1.35. The molecule has 2 aromatic carbocycles. The maximum absolute atomic E-state index is 13.1. The molecule has 0 aliphatic rings. The molecule has 2 heterocycles. The monoisotopic (exact) mass is 432 g/mol. The Balaban J connectivity index is 1.80. The van der Waals surface area contributed by atoms with Gasteiger partial charge in [-0.2, -0.15) is 5.10 Å². The van der Waals surface area contributed by atoms with Gasteiger partial charge in [-0.05, 0) is 44.2 Å². The largest absolute Gasteiger partial charge is 0.494 e. The van der Waals surface area contributed by atoms with Gasteiger partial charge in [-0.15, -0.1) is 10.2 Å². The molecule has 0 atom stereocenters. The highest BCUT2D eigenvalue weighted by atomic mass is 16.5. The molecule has 4 aromatic rings. The van der Waals surface area contributed by atoms with Crippen molar-refractivity contribution in [2.24, 2.45) is 5.10 Å². The van der Waals surface area contributed by atoms with Crippen molar-refractivity contribution in [2.45, 2.75) is 13.8 Å². The van der Waals surface area contributed by atoms with Crippen LogP contribution in [0, 0.1) is 6.92 Å². The quantitative estimate of drug-likeness (QED) is 0.314. The molecular formula is C22H20N6O4. The summed E-state index contributed by atoms with van der Waals surface area (Å²) >= 11 is 0. The van der Waals surface area contributed by atoms with Crippen LogP contribution in [0.5, 0.6) is 11.6 Å². The van der Waals surface area contributed by atoms with E-state index in [-0.39, 0.29) is 23.1 Å². The van der Waals surface area contributed by atoms with Crippen LogP contribution in [0.15, 0.2) is 63.2 Å². The Kier molecular flexibility index (Phi) is 5.67. The number of aromatic nitrogens is 4. The van der Waals surface area contributed by atoms with Crippen LogP contribution in [-0.4, -0.2) is 37.7 Å². The van der Waals surface area contributed by atoms with Crippen molar-refractivity contribution >= 4 is 22.9 Å². The average Bonchev–Trinajstić information content (AvgIpc) is 2.80. The van der Waals surface area contributed by atoms with E-state index < -0.39 is 5.56 Å². The van der Waals surface area contributed by atoms with Gasteiger partial charge in [0.05, 0.1) is 24.1 Å². The Hall–Kier alpha value is -4.47. The lowest BCUT2D eigenvalue weighted by atomic mass is 10.1. The van der Waals surface area contributed by atoms with Gasteiger partial charge in [0.1, 0.15) is 11.4 Å². The predicted molar refractivity (Wildman–Crippen MR) is 121 cm³/mol. The van der Waals surface area contributed by atoms with Gasteiger partial charge < -0.3 is 9.84 Å². The van der Waals surface area contributed by atoms with Crippen molar-refractivity contribution in [1.82, 2.24) is 19.7 Å². The number of anilines is 1. The van der Waals surface area contributed by atoms with Crippen LogP contribution in [0.25, 0.3) is 16.5 Å². The van der Waals surface area contributed by atoms with Crippen LogP contribution in [-0.2, 0) is 0 Å². The van der Waals surface area contributed by atoms with E-state index in [4.69, 9.17) is 4.74 Å². The molecule has 0 aliphatic heterocycles. The van der Waals surface area contributed by atoms with Crippen molar-refractivity contribution in [3.05, 3.63) is 80.5 Å². The molecule has 10 nitrogen and oxygen atoms in total. The second-order valence-electron chi connectivity index (χ2n) is 6.81. The Morgan fingerprint density at radius 1 is 1.12 bits per heavy atom. The molecule has 2 aromatic heterocycles. The smallest absolute Gasteiger partial charge is 0.274 e.